The Balaban J connectivity index is 1.92. The van der Waals surface area contributed by atoms with Gasteiger partial charge in [-0.25, -0.2) is 9.78 Å². The van der Waals surface area contributed by atoms with E-state index in [-0.39, 0.29) is 17.5 Å². The average Bonchev–Trinajstić information content (AvgIpc) is 3.00. The Morgan fingerprint density at radius 3 is 2.92 bits per heavy atom. The van der Waals surface area contributed by atoms with Gasteiger partial charge in [0, 0.05) is 12.1 Å². The number of benzene rings is 1. The summed E-state index contributed by atoms with van der Waals surface area (Å²) in [5.74, 6) is 0.0806. The number of nitrogens with one attached hydrogen (secondary N) is 2. The number of aromatic amines is 1. The van der Waals surface area contributed by atoms with Crippen LogP contribution in [0, 0.1) is 0 Å². The molecule has 8 heteroatoms. The van der Waals surface area contributed by atoms with E-state index in [1.165, 1.54) is 19.5 Å². The second kappa shape index (κ2) is 6.53. The minimum atomic E-state index is -0.471. The van der Waals surface area contributed by atoms with Crippen LogP contribution in [0.15, 0.2) is 40.5 Å². The zero-order chi connectivity index (χ0) is 17.1. The molecule has 3 rings (SSSR count). The molecule has 0 radical (unpaired) electrons. The summed E-state index contributed by atoms with van der Waals surface area (Å²) in [4.78, 5) is 30.5. The van der Waals surface area contributed by atoms with E-state index >= 15 is 0 Å². The van der Waals surface area contributed by atoms with Crippen LogP contribution in [0.25, 0.3) is 0 Å². The molecule has 2 N–H and O–H groups in total. The first kappa shape index (κ1) is 15.7. The standard InChI is InChI=1S/C16H16N4O4/c1-9-6-12(20-19-9)13-14(21)17-8-18-15(13)24-11-5-3-4-10(7-11)16(22)23-2/h3-5,7-8,12,20H,6H2,1-2H3,(H,17,18,21)/t12-/m0/s1. The summed E-state index contributed by atoms with van der Waals surface area (Å²) in [5, 5.41) is 4.10. The SMILES string of the molecule is COC(=O)c1cccc(Oc2nc[nH]c(=O)c2[C@@H]2CC(C)=NN2)c1. The number of carbonyl (C=O) groups is 1. The molecule has 0 spiro atoms. The van der Waals surface area contributed by atoms with Gasteiger partial charge in [0.2, 0.25) is 5.88 Å². The lowest BCUT2D eigenvalue weighted by Crippen LogP contribution is -2.23. The second-order valence-corrected chi connectivity index (χ2v) is 5.30. The first-order valence-corrected chi connectivity index (χ1v) is 7.31. The molecule has 24 heavy (non-hydrogen) atoms. The number of nitrogens with zero attached hydrogens (tertiary/aromatic N) is 2. The van der Waals surface area contributed by atoms with Crippen molar-refractivity contribution in [3.05, 3.63) is 52.1 Å². The van der Waals surface area contributed by atoms with Crippen LogP contribution in [0.3, 0.4) is 0 Å². The van der Waals surface area contributed by atoms with E-state index in [9.17, 15) is 9.59 Å². The summed E-state index contributed by atoms with van der Waals surface area (Å²) >= 11 is 0. The molecule has 1 aliphatic rings. The van der Waals surface area contributed by atoms with Crippen LogP contribution in [0.1, 0.15) is 35.3 Å². The van der Waals surface area contributed by atoms with Crippen molar-refractivity contribution in [3.63, 3.8) is 0 Å². The first-order valence-electron chi connectivity index (χ1n) is 7.31. The van der Waals surface area contributed by atoms with E-state index in [1.807, 2.05) is 6.92 Å². The summed E-state index contributed by atoms with van der Waals surface area (Å²) < 4.78 is 10.4. The Kier molecular flexibility index (Phi) is 4.28. The number of hydrazone groups is 1. The van der Waals surface area contributed by atoms with Gasteiger partial charge in [0.15, 0.2) is 0 Å². The van der Waals surface area contributed by atoms with Crippen molar-refractivity contribution in [3.8, 4) is 11.6 Å². The Labute approximate surface area is 137 Å². The first-order chi connectivity index (χ1) is 11.6. The quantitative estimate of drug-likeness (QED) is 0.829. The second-order valence-electron chi connectivity index (χ2n) is 5.30. The third kappa shape index (κ3) is 3.12. The zero-order valence-corrected chi connectivity index (χ0v) is 13.2. The molecule has 0 saturated heterocycles. The van der Waals surface area contributed by atoms with Crippen molar-refractivity contribution in [2.75, 3.05) is 7.11 Å². The number of rotatable bonds is 4. The molecule has 124 valence electrons. The highest BCUT2D eigenvalue weighted by Gasteiger charge is 2.25. The molecule has 0 unspecified atom stereocenters. The van der Waals surface area contributed by atoms with Gasteiger partial charge in [0.25, 0.3) is 5.56 Å². The summed E-state index contributed by atoms with van der Waals surface area (Å²) in [6.45, 7) is 1.87. The monoisotopic (exact) mass is 328 g/mol. The van der Waals surface area contributed by atoms with Gasteiger partial charge in [-0.15, -0.1) is 0 Å². The molecule has 1 aromatic carbocycles. The van der Waals surface area contributed by atoms with Gasteiger partial charge < -0.3 is 19.9 Å². The Morgan fingerprint density at radius 1 is 1.38 bits per heavy atom. The number of ether oxygens (including phenoxy) is 2. The fourth-order valence-corrected chi connectivity index (χ4v) is 2.44. The van der Waals surface area contributed by atoms with E-state index < -0.39 is 5.97 Å². The maximum atomic E-state index is 12.2. The molecule has 0 saturated carbocycles. The third-order valence-corrected chi connectivity index (χ3v) is 3.58. The molecule has 2 heterocycles. The number of methoxy groups -OCH3 is 1. The third-order valence-electron chi connectivity index (χ3n) is 3.58. The predicted molar refractivity (Wildman–Crippen MR) is 86.3 cm³/mol. The predicted octanol–water partition coefficient (Wildman–Crippen LogP) is 1.76. The minimum Gasteiger partial charge on any atom is -0.465 e. The highest BCUT2D eigenvalue weighted by atomic mass is 16.5. The number of hydrogen-bond acceptors (Lipinski definition) is 7. The largest absolute Gasteiger partial charge is 0.465 e. The van der Waals surface area contributed by atoms with Crippen molar-refractivity contribution in [2.24, 2.45) is 5.10 Å². The number of aromatic nitrogens is 2. The molecule has 8 nitrogen and oxygen atoms in total. The molecule has 0 amide bonds. The Hall–Kier alpha value is -3.16. The summed E-state index contributed by atoms with van der Waals surface area (Å²) in [6.07, 6.45) is 1.86. The van der Waals surface area contributed by atoms with Crippen LogP contribution < -0.4 is 15.7 Å². The Bertz CT molecular complexity index is 859. The molecular weight excluding hydrogens is 312 g/mol. The van der Waals surface area contributed by atoms with Gasteiger partial charge >= 0.3 is 5.97 Å². The van der Waals surface area contributed by atoms with E-state index in [0.29, 0.717) is 23.3 Å². The van der Waals surface area contributed by atoms with E-state index in [4.69, 9.17) is 4.74 Å². The number of hydrogen-bond donors (Lipinski definition) is 2. The van der Waals surface area contributed by atoms with Gasteiger partial charge in [-0.05, 0) is 25.1 Å². The van der Waals surface area contributed by atoms with Crippen molar-refractivity contribution < 1.29 is 14.3 Å². The zero-order valence-electron chi connectivity index (χ0n) is 13.2. The van der Waals surface area contributed by atoms with Crippen LogP contribution in [-0.4, -0.2) is 28.8 Å². The number of esters is 1. The summed E-state index contributed by atoms with van der Waals surface area (Å²) in [7, 11) is 1.31. The fraction of sp³-hybridized carbons (Fsp3) is 0.250. The minimum absolute atomic E-state index is 0.170. The van der Waals surface area contributed by atoms with Gasteiger partial charge in [-0.3, -0.25) is 4.79 Å². The smallest absolute Gasteiger partial charge is 0.337 e. The number of carbonyl (C=O) groups excluding carboxylic acids is 1. The van der Waals surface area contributed by atoms with Crippen LogP contribution in [-0.2, 0) is 4.74 Å². The van der Waals surface area contributed by atoms with Crippen LogP contribution in [0.2, 0.25) is 0 Å². The topological polar surface area (TPSA) is 106 Å². The average molecular weight is 328 g/mol. The molecular formula is C16H16N4O4. The maximum Gasteiger partial charge on any atom is 0.337 e. The van der Waals surface area contributed by atoms with Crippen LogP contribution in [0.4, 0.5) is 0 Å². The molecule has 0 bridgehead atoms. The molecule has 0 aliphatic carbocycles. The fourth-order valence-electron chi connectivity index (χ4n) is 2.44. The normalized spacial score (nSPS) is 16.2. The van der Waals surface area contributed by atoms with Crippen molar-refractivity contribution >= 4 is 11.7 Å². The summed E-state index contributed by atoms with van der Waals surface area (Å²) in [6, 6.07) is 6.17. The molecule has 1 atom stereocenters. The lowest BCUT2D eigenvalue weighted by molar-refractivity contribution is 0.0600. The van der Waals surface area contributed by atoms with Crippen molar-refractivity contribution in [1.29, 1.82) is 0 Å². The lowest BCUT2D eigenvalue weighted by Gasteiger charge is -2.14. The Morgan fingerprint density at radius 2 is 2.21 bits per heavy atom. The van der Waals surface area contributed by atoms with Crippen molar-refractivity contribution in [1.82, 2.24) is 15.4 Å². The molecule has 1 aromatic heterocycles. The molecule has 2 aromatic rings. The van der Waals surface area contributed by atoms with Gasteiger partial charge in [0.05, 0.1) is 25.0 Å². The van der Waals surface area contributed by atoms with Crippen molar-refractivity contribution in [2.45, 2.75) is 19.4 Å². The maximum absolute atomic E-state index is 12.2. The van der Waals surface area contributed by atoms with Gasteiger partial charge in [-0.1, -0.05) is 6.07 Å². The molecule has 1 aliphatic heterocycles. The molecule has 0 fully saturated rings. The van der Waals surface area contributed by atoms with Crippen LogP contribution >= 0.6 is 0 Å². The van der Waals surface area contributed by atoms with Gasteiger partial charge in [-0.2, -0.15) is 5.10 Å². The van der Waals surface area contributed by atoms with E-state index in [2.05, 4.69) is 25.2 Å². The number of H-pyrrole nitrogens is 1. The lowest BCUT2D eigenvalue weighted by atomic mass is 10.1. The highest BCUT2D eigenvalue weighted by molar-refractivity contribution is 5.89. The highest BCUT2D eigenvalue weighted by Crippen LogP contribution is 2.29. The van der Waals surface area contributed by atoms with E-state index in [0.717, 1.165) is 5.71 Å². The summed E-state index contributed by atoms with van der Waals surface area (Å²) in [5.41, 5.74) is 4.20. The van der Waals surface area contributed by atoms with E-state index in [1.54, 1.807) is 18.2 Å². The van der Waals surface area contributed by atoms with Gasteiger partial charge in [0.1, 0.15) is 11.3 Å². The van der Waals surface area contributed by atoms with Crippen LogP contribution in [0.5, 0.6) is 11.6 Å².